The number of hydrogen-bond acceptors (Lipinski definition) is 3. The van der Waals surface area contributed by atoms with Crippen LogP contribution in [0.5, 0.6) is 0 Å². The van der Waals surface area contributed by atoms with Crippen LogP contribution in [0.4, 0.5) is 0 Å². The first-order chi connectivity index (χ1) is 15.6. The zero-order valence-corrected chi connectivity index (χ0v) is 21.1. The SMILES string of the molecule is C=C1C(=CC=C2CCCC3(C)C2CC[C@@H]3[C@H](C)C=C[C@@H](C)C2(O)CCCC2)C[C@@H](O)C[C@@H]1O. The van der Waals surface area contributed by atoms with E-state index in [-0.39, 0.29) is 5.92 Å². The van der Waals surface area contributed by atoms with Gasteiger partial charge < -0.3 is 15.3 Å². The van der Waals surface area contributed by atoms with E-state index in [9.17, 15) is 15.3 Å². The van der Waals surface area contributed by atoms with Crippen LogP contribution in [-0.2, 0) is 0 Å². The summed E-state index contributed by atoms with van der Waals surface area (Å²) < 4.78 is 0. The van der Waals surface area contributed by atoms with Crippen molar-refractivity contribution < 1.29 is 15.3 Å². The number of hydrogen-bond donors (Lipinski definition) is 3. The van der Waals surface area contributed by atoms with Gasteiger partial charge in [0.15, 0.2) is 0 Å². The standard InChI is InChI=1S/C30H46O3/c1-20(9-10-21(2)30(33)16-5-6-17-30)26-13-14-27-23(8-7-15-29(26,27)4)11-12-24-18-25(31)19-28(32)22(24)3/h9-12,20-21,25-28,31-33H,3,5-8,13-19H2,1-2,4H3/t20-,21-,25-,26-,27?,28+,29?/m1/s1. The lowest BCUT2D eigenvalue weighted by Gasteiger charge is -2.44. The molecule has 33 heavy (non-hydrogen) atoms. The molecular formula is C30H46O3. The first kappa shape index (κ1) is 24.9. The molecule has 0 spiro atoms. The molecule has 0 aromatic heterocycles. The molecule has 4 rings (SSSR count). The van der Waals surface area contributed by atoms with Crippen molar-refractivity contribution in [2.45, 2.75) is 109 Å². The van der Waals surface area contributed by atoms with Gasteiger partial charge in [0.1, 0.15) is 0 Å². The number of aliphatic hydroxyl groups excluding tert-OH is 2. The fourth-order valence-corrected chi connectivity index (χ4v) is 7.71. The van der Waals surface area contributed by atoms with Gasteiger partial charge in [-0.3, -0.25) is 0 Å². The molecule has 0 aliphatic heterocycles. The van der Waals surface area contributed by atoms with Crippen LogP contribution in [0.2, 0.25) is 0 Å². The van der Waals surface area contributed by atoms with Gasteiger partial charge >= 0.3 is 0 Å². The second-order valence-corrected chi connectivity index (χ2v) is 12.0. The largest absolute Gasteiger partial charge is 0.393 e. The molecule has 0 aromatic rings. The van der Waals surface area contributed by atoms with Crippen molar-refractivity contribution >= 4 is 0 Å². The van der Waals surface area contributed by atoms with E-state index in [0.29, 0.717) is 36.0 Å². The van der Waals surface area contributed by atoms with Gasteiger partial charge in [0.25, 0.3) is 0 Å². The van der Waals surface area contributed by atoms with Gasteiger partial charge in [0, 0.05) is 12.3 Å². The van der Waals surface area contributed by atoms with Crippen LogP contribution in [-0.4, -0.2) is 33.1 Å². The molecule has 184 valence electrons. The van der Waals surface area contributed by atoms with Crippen LogP contribution < -0.4 is 0 Å². The maximum Gasteiger partial charge on any atom is 0.0811 e. The number of allylic oxidation sites excluding steroid dienone is 4. The predicted molar refractivity (Wildman–Crippen MR) is 136 cm³/mol. The lowest BCUT2D eigenvalue weighted by atomic mass is 9.61. The Balaban J connectivity index is 1.47. The molecule has 3 N–H and O–H groups in total. The van der Waals surface area contributed by atoms with Crippen molar-refractivity contribution in [3.8, 4) is 0 Å². The van der Waals surface area contributed by atoms with Gasteiger partial charge in [-0.25, -0.2) is 0 Å². The molecule has 0 saturated heterocycles. The van der Waals surface area contributed by atoms with Crippen LogP contribution in [0, 0.1) is 29.1 Å². The van der Waals surface area contributed by atoms with Crippen molar-refractivity contribution in [2.24, 2.45) is 29.1 Å². The van der Waals surface area contributed by atoms with E-state index in [0.717, 1.165) is 43.3 Å². The molecule has 0 bridgehead atoms. The fourth-order valence-electron chi connectivity index (χ4n) is 7.71. The third-order valence-corrected chi connectivity index (χ3v) is 9.96. The Kier molecular flexibility index (Phi) is 7.44. The summed E-state index contributed by atoms with van der Waals surface area (Å²) in [5.41, 5.74) is 3.16. The van der Waals surface area contributed by atoms with Gasteiger partial charge in [0.2, 0.25) is 0 Å². The average molecular weight is 455 g/mol. The molecule has 4 fully saturated rings. The number of aliphatic hydroxyl groups is 3. The van der Waals surface area contributed by atoms with Crippen LogP contribution in [0.3, 0.4) is 0 Å². The molecule has 2 unspecified atom stereocenters. The van der Waals surface area contributed by atoms with Crippen LogP contribution in [0.1, 0.15) is 91.4 Å². The van der Waals surface area contributed by atoms with Gasteiger partial charge in [-0.15, -0.1) is 0 Å². The summed E-state index contributed by atoms with van der Waals surface area (Å²) in [4.78, 5) is 0. The summed E-state index contributed by atoms with van der Waals surface area (Å²) in [5.74, 6) is 2.05. The maximum atomic E-state index is 10.9. The molecule has 0 radical (unpaired) electrons. The van der Waals surface area contributed by atoms with E-state index in [4.69, 9.17) is 0 Å². The van der Waals surface area contributed by atoms with Gasteiger partial charge in [0.05, 0.1) is 17.8 Å². The number of rotatable bonds is 5. The second-order valence-electron chi connectivity index (χ2n) is 12.0. The summed E-state index contributed by atoms with van der Waals surface area (Å²) in [5, 5.41) is 31.2. The summed E-state index contributed by atoms with van der Waals surface area (Å²) in [7, 11) is 0. The van der Waals surface area contributed by atoms with E-state index >= 15 is 0 Å². The highest BCUT2D eigenvalue weighted by atomic mass is 16.3. The summed E-state index contributed by atoms with van der Waals surface area (Å²) >= 11 is 0. The highest BCUT2D eigenvalue weighted by Gasteiger charge is 2.50. The first-order valence-corrected chi connectivity index (χ1v) is 13.5. The minimum Gasteiger partial charge on any atom is -0.393 e. The Morgan fingerprint density at radius 3 is 2.45 bits per heavy atom. The molecule has 7 atom stereocenters. The van der Waals surface area contributed by atoms with Crippen molar-refractivity contribution in [2.75, 3.05) is 0 Å². The third kappa shape index (κ3) is 4.97. The van der Waals surface area contributed by atoms with E-state index in [1.165, 1.54) is 25.7 Å². The quantitative estimate of drug-likeness (QED) is 0.430. The predicted octanol–water partition coefficient (Wildman–Crippen LogP) is 6.26. The fraction of sp³-hybridized carbons (Fsp3) is 0.733. The van der Waals surface area contributed by atoms with E-state index < -0.39 is 17.8 Å². The summed E-state index contributed by atoms with van der Waals surface area (Å²) in [6.45, 7) is 11.2. The van der Waals surface area contributed by atoms with Gasteiger partial charge in [-0.2, -0.15) is 0 Å². The van der Waals surface area contributed by atoms with Crippen molar-refractivity contribution in [1.82, 2.24) is 0 Å². The van der Waals surface area contributed by atoms with E-state index in [2.05, 4.69) is 51.7 Å². The van der Waals surface area contributed by atoms with Crippen molar-refractivity contribution in [3.05, 3.63) is 47.6 Å². The maximum absolute atomic E-state index is 10.9. The van der Waals surface area contributed by atoms with Crippen molar-refractivity contribution in [3.63, 3.8) is 0 Å². The lowest BCUT2D eigenvalue weighted by molar-refractivity contribution is 0.0124. The second kappa shape index (κ2) is 9.84. The average Bonchev–Trinajstić information content (AvgIpc) is 3.37. The lowest BCUT2D eigenvalue weighted by Crippen LogP contribution is -2.36. The summed E-state index contributed by atoms with van der Waals surface area (Å²) in [6, 6.07) is 0. The molecule has 3 heteroatoms. The zero-order chi connectivity index (χ0) is 23.8. The molecule has 4 aliphatic carbocycles. The van der Waals surface area contributed by atoms with E-state index in [1.54, 1.807) is 5.57 Å². The monoisotopic (exact) mass is 454 g/mol. The molecule has 0 heterocycles. The number of fused-ring (bicyclic) bond motifs is 1. The highest BCUT2D eigenvalue weighted by Crippen LogP contribution is 2.59. The van der Waals surface area contributed by atoms with E-state index in [1.807, 2.05) is 0 Å². The topological polar surface area (TPSA) is 60.7 Å². The Hall–Kier alpha value is -1.16. The van der Waals surface area contributed by atoms with Gasteiger partial charge in [-0.1, -0.05) is 70.1 Å². The Morgan fingerprint density at radius 1 is 1.00 bits per heavy atom. The minimum atomic E-state index is -0.622. The Morgan fingerprint density at radius 2 is 1.73 bits per heavy atom. The minimum absolute atomic E-state index is 0.232. The molecule has 0 aromatic carbocycles. The molecule has 4 saturated carbocycles. The third-order valence-electron chi connectivity index (χ3n) is 9.96. The smallest absolute Gasteiger partial charge is 0.0811 e. The Labute approximate surface area is 201 Å². The first-order valence-electron chi connectivity index (χ1n) is 13.5. The Bertz CT molecular complexity index is 814. The highest BCUT2D eigenvalue weighted by molar-refractivity contribution is 5.38. The zero-order valence-electron chi connectivity index (χ0n) is 21.1. The van der Waals surface area contributed by atoms with Crippen LogP contribution in [0.25, 0.3) is 0 Å². The van der Waals surface area contributed by atoms with Gasteiger partial charge in [-0.05, 0) is 85.7 Å². The molecule has 4 aliphatic rings. The normalized spacial score (nSPS) is 41.1. The molecule has 0 amide bonds. The van der Waals surface area contributed by atoms with Crippen LogP contribution in [0.15, 0.2) is 47.6 Å². The van der Waals surface area contributed by atoms with Crippen LogP contribution >= 0.6 is 0 Å². The van der Waals surface area contributed by atoms with Crippen molar-refractivity contribution in [1.29, 1.82) is 0 Å². The molecular weight excluding hydrogens is 408 g/mol. The molecule has 3 nitrogen and oxygen atoms in total. The summed E-state index contributed by atoms with van der Waals surface area (Å²) in [6.07, 6.45) is 19.4.